The summed E-state index contributed by atoms with van der Waals surface area (Å²) in [6.45, 7) is 2.74. The molecule has 0 aromatic carbocycles. The summed E-state index contributed by atoms with van der Waals surface area (Å²) < 4.78 is 5.60. The van der Waals surface area contributed by atoms with Crippen molar-refractivity contribution < 1.29 is 14.3 Å². The molecule has 3 rings (SSSR count). The number of hydrogen-bond acceptors (Lipinski definition) is 9. The average Bonchev–Trinajstić information content (AvgIpc) is 3.34. The Bertz CT molecular complexity index is 658. The highest BCUT2D eigenvalue weighted by Gasteiger charge is 2.27. The first-order valence-corrected chi connectivity index (χ1v) is 10.9. The minimum absolute atomic E-state index is 0.0392. The van der Waals surface area contributed by atoms with Crippen LogP contribution in [0.25, 0.3) is 0 Å². The number of methoxy groups -OCH3 is 1. The summed E-state index contributed by atoms with van der Waals surface area (Å²) in [4.78, 5) is 27.3. The maximum absolute atomic E-state index is 11.9. The second-order valence-corrected chi connectivity index (χ2v) is 8.88. The van der Waals surface area contributed by atoms with Crippen molar-refractivity contribution in [1.82, 2.24) is 15.1 Å². The zero-order valence-corrected chi connectivity index (χ0v) is 16.4. The van der Waals surface area contributed by atoms with Gasteiger partial charge in [-0.1, -0.05) is 34.9 Å². The first-order valence-electron chi connectivity index (χ1n) is 8.11. The number of aromatic nitrogens is 2. The number of rotatable bonds is 7. The monoisotopic (exact) mass is 400 g/mol. The highest BCUT2D eigenvalue weighted by atomic mass is 32.2. The van der Waals surface area contributed by atoms with Crippen LogP contribution < -0.4 is 4.90 Å². The summed E-state index contributed by atoms with van der Waals surface area (Å²) in [6.07, 6.45) is 4.67. The van der Waals surface area contributed by atoms with E-state index in [1.54, 1.807) is 28.0 Å². The zero-order valence-electron chi connectivity index (χ0n) is 14.0. The maximum Gasteiger partial charge on any atom is 0.333 e. The quantitative estimate of drug-likeness (QED) is 0.298. The molecule has 10 heteroatoms. The summed E-state index contributed by atoms with van der Waals surface area (Å²) in [6, 6.07) is 0. The Morgan fingerprint density at radius 3 is 2.92 bits per heavy atom. The van der Waals surface area contributed by atoms with Gasteiger partial charge in [0.15, 0.2) is 4.34 Å². The molecule has 0 radical (unpaired) electrons. The van der Waals surface area contributed by atoms with Crippen LogP contribution in [0.15, 0.2) is 15.4 Å². The molecule has 2 aliphatic heterocycles. The van der Waals surface area contributed by atoms with Crippen molar-refractivity contribution in [1.29, 1.82) is 0 Å². The van der Waals surface area contributed by atoms with E-state index in [9.17, 15) is 9.59 Å². The van der Waals surface area contributed by atoms with Gasteiger partial charge in [-0.2, -0.15) is 0 Å². The summed E-state index contributed by atoms with van der Waals surface area (Å²) in [5.74, 6) is 0.845. The molecule has 2 aliphatic rings. The first kappa shape index (κ1) is 18.5. The van der Waals surface area contributed by atoms with E-state index < -0.39 is 5.97 Å². The molecule has 1 aromatic rings. The third kappa shape index (κ3) is 4.89. The number of nitrogens with zero attached hydrogens (tertiary/aromatic N) is 4. The lowest BCUT2D eigenvalue weighted by Crippen LogP contribution is -2.26. The second-order valence-electron chi connectivity index (χ2n) is 5.59. The van der Waals surface area contributed by atoms with Crippen LogP contribution in [0.5, 0.6) is 0 Å². The number of amides is 1. The van der Waals surface area contributed by atoms with Crippen molar-refractivity contribution in [3.05, 3.63) is 11.1 Å². The molecule has 25 heavy (non-hydrogen) atoms. The van der Waals surface area contributed by atoms with Crippen molar-refractivity contribution in [2.75, 3.05) is 43.1 Å². The smallest absolute Gasteiger partial charge is 0.333 e. The predicted octanol–water partition coefficient (Wildman–Crippen LogP) is 2.21. The minimum atomic E-state index is -0.431. The normalized spacial score (nSPS) is 19.2. The molecule has 0 saturated carbocycles. The molecule has 3 heterocycles. The fourth-order valence-electron chi connectivity index (χ4n) is 2.61. The number of hydrogen-bond donors (Lipinski definition) is 0. The van der Waals surface area contributed by atoms with Crippen LogP contribution in [0.1, 0.15) is 19.3 Å². The first-order chi connectivity index (χ1) is 12.2. The van der Waals surface area contributed by atoms with Crippen molar-refractivity contribution in [3.63, 3.8) is 0 Å². The van der Waals surface area contributed by atoms with Gasteiger partial charge >= 0.3 is 5.97 Å². The van der Waals surface area contributed by atoms with E-state index in [2.05, 4.69) is 19.8 Å². The lowest BCUT2D eigenvalue weighted by molar-refractivity contribution is -0.134. The number of esters is 1. The lowest BCUT2D eigenvalue weighted by Gasteiger charge is -2.16. The highest BCUT2D eigenvalue weighted by Crippen LogP contribution is 2.31. The average molecular weight is 401 g/mol. The summed E-state index contributed by atoms with van der Waals surface area (Å²) in [5.41, 5.74) is 0. The Hall–Kier alpha value is -1.26. The van der Waals surface area contributed by atoms with Gasteiger partial charge in [0.1, 0.15) is 0 Å². The van der Waals surface area contributed by atoms with Crippen molar-refractivity contribution in [2.45, 2.75) is 23.6 Å². The molecule has 1 amide bonds. The molecule has 136 valence electrons. The molecule has 0 atom stereocenters. The Morgan fingerprint density at radius 2 is 2.16 bits per heavy atom. The predicted molar refractivity (Wildman–Crippen MR) is 101 cm³/mol. The minimum Gasteiger partial charge on any atom is -0.466 e. The third-order valence-corrected chi connectivity index (χ3v) is 7.11. The third-order valence-electron chi connectivity index (χ3n) is 3.88. The van der Waals surface area contributed by atoms with Gasteiger partial charge in [-0.15, -0.1) is 10.2 Å². The topological polar surface area (TPSA) is 75.6 Å². The fraction of sp³-hybridized carbons (Fsp3) is 0.600. The largest absolute Gasteiger partial charge is 0.466 e. The number of ether oxygens (including phenoxy) is 1. The fourth-order valence-corrected chi connectivity index (χ4v) is 5.45. The lowest BCUT2D eigenvalue weighted by atomic mass is 10.4. The van der Waals surface area contributed by atoms with E-state index in [1.165, 1.54) is 37.8 Å². The van der Waals surface area contributed by atoms with Crippen LogP contribution >= 0.6 is 34.9 Å². The molecule has 0 N–H and O–H groups in total. The molecule has 0 unspecified atom stereocenters. The van der Waals surface area contributed by atoms with E-state index >= 15 is 0 Å². The van der Waals surface area contributed by atoms with Gasteiger partial charge in [-0.3, -0.25) is 4.79 Å². The molecule has 2 saturated heterocycles. The molecule has 2 fully saturated rings. The van der Waals surface area contributed by atoms with E-state index in [1.807, 2.05) is 0 Å². The molecule has 7 nitrogen and oxygen atoms in total. The van der Waals surface area contributed by atoms with Gasteiger partial charge < -0.3 is 14.5 Å². The van der Waals surface area contributed by atoms with Crippen LogP contribution in [-0.2, 0) is 14.3 Å². The molecule has 0 bridgehead atoms. The second kappa shape index (κ2) is 8.91. The van der Waals surface area contributed by atoms with Gasteiger partial charge in [0, 0.05) is 25.4 Å². The Labute approximate surface area is 159 Å². The summed E-state index contributed by atoms with van der Waals surface area (Å²) in [7, 11) is 1.33. The summed E-state index contributed by atoms with van der Waals surface area (Å²) in [5, 5.41) is 10.2. The van der Waals surface area contributed by atoms with E-state index in [0.29, 0.717) is 17.3 Å². The molecule has 1 aromatic heterocycles. The van der Waals surface area contributed by atoms with Gasteiger partial charge in [-0.05, 0) is 19.3 Å². The standard InChI is InChI=1S/C15H20N4O3S3/c1-22-13(21)9-12-19(11(20)10-24-12)7-4-8-23-15-17-16-14(25-15)18-5-2-3-6-18/h9H,2-8,10H2,1H3/b12-9+. The van der Waals surface area contributed by atoms with Gasteiger partial charge in [0.25, 0.3) is 0 Å². The Morgan fingerprint density at radius 1 is 1.36 bits per heavy atom. The van der Waals surface area contributed by atoms with Gasteiger partial charge in [-0.25, -0.2) is 4.79 Å². The van der Waals surface area contributed by atoms with E-state index in [0.717, 1.165) is 34.7 Å². The molecular formula is C15H20N4O3S3. The Balaban J connectivity index is 1.45. The molecule has 0 spiro atoms. The van der Waals surface area contributed by atoms with Gasteiger partial charge in [0.05, 0.1) is 24.0 Å². The number of carbonyl (C=O) groups excluding carboxylic acids is 2. The number of thioether (sulfide) groups is 2. The van der Waals surface area contributed by atoms with Crippen LogP contribution in [0.3, 0.4) is 0 Å². The van der Waals surface area contributed by atoms with Crippen LogP contribution in [0, 0.1) is 0 Å². The van der Waals surface area contributed by atoms with E-state index in [4.69, 9.17) is 0 Å². The number of anilines is 1. The van der Waals surface area contributed by atoms with E-state index in [-0.39, 0.29) is 5.91 Å². The van der Waals surface area contributed by atoms with Crippen LogP contribution in [0.4, 0.5) is 5.13 Å². The Kier molecular flexibility index (Phi) is 6.60. The number of carbonyl (C=O) groups is 2. The van der Waals surface area contributed by atoms with Gasteiger partial charge in [0.2, 0.25) is 11.0 Å². The molecule has 0 aliphatic carbocycles. The summed E-state index contributed by atoms with van der Waals surface area (Å²) >= 11 is 4.68. The van der Waals surface area contributed by atoms with Crippen molar-refractivity contribution in [2.24, 2.45) is 0 Å². The zero-order chi connectivity index (χ0) is 17.6. The maximum atomic E-state index is 11.9. The van der Waals surface area contributed by atoms with Crippen molar-refractivity contribution >= 4 is 51.9 Å². The van der Waals surface area contributed by atoms with Crippen LogP contribution in [-0.4, -0.2) is 65.2 Å². The SMILES string of the molecule is COC(=O)/C=C1/SCC(=O)N1CCCSc1nnc(N2CCCC2)s1. The molecular weight excluding hydrogens is 380 g/mol. The van der Waals surface area contributed by atoms with Crippen LogP contribution in [0.2, 0.25) is 0 Å². The highest BCUT2D eigenvalue weighted by molar-refractivity contribution is 8.04. The van der Waals surface area contributed by atoms with Crippen molar-refractivity contribution in [3.8, 4) is 0 Å².